The fraction of sp³-hybridized carbons (Fsp3) is 0.143. The van der Waals surface area contributed by atoms with Gasteiger partial charge in [0.05, 0.1) is 0 Å². The Morgan fingerprint density at radius 1 is 1.73 bits per heavy atom. The molecule has 0 radical (unpaired) electrons. The van der Waals surface area contributed by atoms with Crippen LogP contribution < -0.4 is 0 Å². The molecule has 11 heavy (non-hydrogen) atoms. The first-order valence-corrected chi connectivity index (χ1v) is 4.43. The zero-order chi connectivity index (χ0) is 9.03. The van der Waals surface area contributed by atoms with Crippen molar-refractivity contribution < 1.29 is 10.2 Å². The van der Waals surface area contributed by atoms with E-state index in [1.165, 1.54) is 11.3 Å². The quantitative estimate of drug-likeness (QED) is 0.615. The average molecular weight is 191 g/mol. The molecule has 0 fully saturated rings. The maximum absolute atomic E-state index is 11.9. The van der Waals surface area contributed by atoms with Gasteiger partial charge in [-0.15, -0.1) is 0 Å². The molecule has 0 N–H and O–H groups in total. The summed E-state index contributed by atoms with van der Waals surface area (Å²) in [6.07, 6.45) is 0. The number of hydrogen-bond donors (Lipinski definition) is 0. The average Bonchev–Trinajstić information content (AvgIpc) is 2.36. The van der Waals surface area contributed by atoms with Crippen molar-refractivity contribution in [1.29, 1.82) is 0 Å². The van der Waals surface area contributed by atoms with Crippen LogP contribution in [-0.4, -0.2) is 5.73 Å². The van der Waals surface area contributed by atoms with Gasteiger partial charge in [0, 0.05) is 10.9 Å². The predicted molar refractivity (Wildman–Crippen MR) is 44.8 cm³/mol. The first-order valence-electron chi connectivity index (χ1n) is 3.17. The summed E-state index contributed by atoms with van der Waals surface area (Å²) in [5, 5.41) is 5.74. The smallest absolute Gasteiger partial charge is 0.197 e. The Hall–Kier alpha value is -0.530. The largest absolute Gasteiger partial charge is 0.295 e. The molecule has 0 aromatic carbocycles. The minimum absolute atomic E-state index is 0.00866. The molecule has 0 aliphatic carbocycles. The highest BCUT2D eigenvalue weighted by Gasteiger charge is 1.96. The third kappa shape index (κ3) is 3.40. The number of halogens is 2. The second-order valence-corrected chi connectivity index (χ2v) is 3.06. The summed E-state index contributed by atoms with van der Waals surface area (Å²) < 4.78 is 30.0. The van der Waals surface area contributed by atoms with Crippen molar-refractivity contribution in [3.8, 4) is 11.2 Å². The van der Waals surface area contributed by atoms with E-state index >= 15 is 0 Å². The minimum Gasteiger partial charge on any atom is -0.197 e. The maximum Gasteiger partial charge on any atom is 0.295 e. The topological polar surface area (TPSA) is 0 Å². The van der Waals surface area contributed by atoms with Gasteiger partial charge in [0.15, 0.2) is 0 Å². The lowest BCUT2D eigenvalue weighted by atomic mass is 10.4. The third-order valence-corrected chi connectivity index (χ3v) is 1.89. The first-order chi connectivity index (χ1) is 5.58. The molecule has 0 unspecified atom stereocenters. The maximum atomic E-state index is 11.9. The van der Waals surface area contributed by atoms with Crippen molar-refractivity contribution in [3.63, 3.8) is 0 Å². The van der Waals surface area contributed by atoms with Gasteiger partial charge in [-0.3, -0.25) is 0 Å². The van der Waals surface area contributed by atoms with Gasteiger partial charge < -0.3 is 0 Å². The van der Waals surface area contributed by atoms with Gasteiger partial charge in [-0.2, -0.15) is 20.1 Å². The van der Waals surface area contributed by atoms with Crippen LogP contribution in [0.2, 0.25) is 0 Å². The normalized spacial score (nSPS) is 11.6. The van der Waals surface area contributed by atoms with Crippen LogP contribution in [0.1, 0.15) is 6.93 Å². The fourth-order valence-electron chi connectivity index (χ4n) is 0.459. The van der Waals surface area contributed by atoms with Gasteiger partial charge in [0.1, 0.15) is 1.37 Å². The van der Waals surface area contributed by atoms with E-state index < -0.39 is 5.73 Å². The summed E-state index contributed by atoms with van der Waals surface area (Å²) in [4.78, 5) is 0. The molecule has 0 aliphatic rings. The molecule has 4 heteroatoms. The van der Waals surface area contributed by atoms with Crippen LogP contribution in [0.4, 0.5) is 8.78 Å². The lowest BCUT2D eigenvalue weighted by Gasteiger charge is -1.83. The molecule has 0 saturated heterocycles. The van der Waals surface area contributed by atoms with E-state index in [9.17, 15) is 8.78 Å². The van der Waals surface area contributed by atoms with Crippen molar-refractivity contribution in [3.05, 3.63) is 22.4 Å². The van der Waals surface area contributed by atoms with Crippen molar-refractivity contribution in [1.82, 2.24) is 0 Å². The van der Waals surface area contributed by atoms with E-state index in [1.54, 1.807) is 11.4 Å². The Morgan fingerprint density at radius 3 is 3.09 bits per heavy atom. The minimum atomic E-state index is -3.51. The molecule has 0 aliphatic heterocycles. The van der Waals surface area contributed by atoms with Crippen molar-refractivity contribution in [2.45, 2.75) is 5.73 Å². The summed E-state index contributed by atoms with van der Waals surface area (Å²) in [7, 11) is 0. The van der Waals surface area contributed by atoms with E-state index in [0.29, 0.717) is 5.56 Å². The van der Waals surface area contributed by atoms with Crippen LogP contribution in [0.15, 0.2) is 16.8 Å². The Labute approximate surface area is 73.0 Å². The van der Waals surface area contributed by atoms with E-state index in [0.717, 1.165) is 0 Å². The molecule has 1 rings (SSSR count). The number of rotatable bonds is 1. The number of thiophene rings is 1. The van der Waals surface area contributed by atoms with Gasteiger partial charge in [0.25, 0.3) is 5.73 Å². The number of thioether (sulfide) groups is 1. The summed E-state index contributed by atoms with van der Waals surface area (Å²) in [5.74, 6) is 2.50. The SMILES string of the molecule is [2H]C(F)(F)SC#Cc1ccsc1. The molecule has 1 aromatic heterocycles. The van der Waals surface area contributed by atoms with Crippen LogP contribution in [0, 0.1) is 11.2 Å². The molecule has 1 heterocycles. The molecule has 0 spiro atoms. The van der Waals surface area contributed by atoms with E-state index in [-0.39, 0.29) is 11.8 Å². The van der Waals surface area contributed by atoms with Crippen LogP contribution in [0.25, 0.3) is 0 Å². The van der Waals surface area contributed by atoms with Crippen LogP contribution in [0.3, 0.4) is 0 Å². The van der Waals surface area contributed by atoms with E-state index in [2.05, 4.69) is 11.2 Å². The Kier molecular flexibility index (Phi) is 2.83. The summed E-state index contributed by atoms with van der Waals surface area (Å²) in [5.41, 5.74) is -2.81. The highest BCUT2D eigenvalue weighted by atomic mass is 32.2. The zero-order valence-corrected chi connectivity index (χ0v) is 6.94. The monoisotopic (exact) mass is 191 g/mol. The predicted octanol–water partition coefficient (Wildman–Crippen LogP) is 3.01. The van der Waals surface area contributed by atoms with Crippen LogP contribution in [0.5, 0.6) is 0 Å². The van der Waals surface area contributed by atoms with Crippen LogP contribution >= 0.6 is 23.1 Å². The molecule has 0 nitrogen and oxygen atoms in total. The standard InChI is InChI=1S/C7H4F2S2/c8-7(9)11-4-2-6-1-3-10-5-6/h1,3,5,7H/i7D. The van der Waals surface area contributed by atoms with Gasteiger partial charge in [-0.25, -0.2) is 0 Å². The van der Waals surface area contributed by atoms with Gasteiger partial charge in [-0.05, 0) is 28.5 Å². The lowest BCUT2D eigenvalue weighted by molar-refractivity contribution is 0.253. The van der Waals surface area contributed by atoms with Crippen molar-refractivity contribution in [2.75, 3.05) is 0 Å². The molecule has 0 bridgehead atoms. The van der Waals surface area contributed by atoms with Gasteiger partial charge in [-0.1, -0.05) is 5.92 Å². The zero-order valence-electron chi connectivity index (χ0n) is 6.30. The highest BCUT2D eigenvalue weighted by Crippen LogP contribution is 2.11. The second kappa shape index (κ2) is 4.37. The lowest BCUT2D eigenvalue weighted by Crippen LogP contribution is -1.74. The summed E-state index contributed by atoms with van der Waals surface area (Å²) >= 11 is 1.46. The fourth-order valence-corrected chi connectivity index (χ4v) is 1.29. The number of alkyl halides is 2. The Morgan fingerprint density at radius 2 is 2.55 bits per heavy atom. The molecule has 1 aromatic rings. The molecule has 58 valence electrons. The summed E-state index contributed by atoms with van der Waals surface area (Å²) in [6.45, 7) is 0. The van der Waals surface area contributed by atoms with Gasteiger partial charge in [0.2, 0.25) is 0 Å². The molecule has 0 saturated carbocycles. The van der Waals surface area contributed by atoms with E-state index in [1.807, 2.05) is 5.38 Å². The molecular weight excluding hydrogens is 186 g/mol. The summed E-state index contributed by atoms with van der Waals surface area (Å²) in [6, 6.07) is 1.74. The second-order valence-electron chi connectivity index (χ2n) is 1.57. The first kappa shape index (κ1) is 7.14. The van der Waals surface area contributed by atoms with Gasteiger partial charge >= 0.3 is 0 Å². The van der Waals surface area contributed by atoms with Crippen molar-refractivity contribution >= 4 is 23.1 Å². The highest BCUT2D eigenvalue weighted by molar-refractivity contribution is 8.04. The van der Waals surface area contributed by atoms with Crippen molar-refractivity contribution in [2.24, 2.45) is 0 Å². The number of hydrogen-bond acceptors (Lipinski definition) is 2. The molecule has 0 atom stereocenters. The molecule has 0 amide bonds. The molecular formula is C7H4F2S2. The van der Waals surface area contributed by atoms with Crippen LogP contribution in [-0.2, 0) is 0 Å². The Bertz CT molecular complexity index is 291. The third-order valence-electron chi connectivity index (χ3n) is 0.845. The van der Waals surface area contributed by atoms with E-state index in [4.69, 9.17) is 1.37 Å². The Balaban J connectivity index is 2.51.